The Morgan fingerprint density at radius 1 is 0.304 bits per heavy atom. The van der Waals surface area contributed by atoms with Crippen LogP contribution >= 0.6 is 7.82 Å². The molecule has 9 nitrogen and oxygen atoms in total. The van der Waals surface area contributed by atoms with Gasteiger partial charge >= 0.3 is 11.9 Å². The lowest BCUT2D eigenvalue weighted by atomic mass is 10.0. The normalized spacial score (nSPS) is 14.1. The molecule has 0 N–H and O–H groups in total. The molecule has 0 heterocycles. The number of carbonyl (C=O) groups is 2. The van der Waals surface area contributed by atoms with Gasteiger partial charge in [0, 0.05) is 12.8 Å². The Balaban J connectivity index is 4.08. The predicted molar refractivity (Wildman–Crippen MR) is 442 cm³/mol. The number of phosphoric acid groups is 1. The van der Waals surface area contributed by atoms with Crippen molar-refractivity contribution in [1.82, 2.24) is 0 Å². The highest BCUT2D eigenvalue weighted by Crippen LogP contribution is 2.38. The largest absolute Gasteiger partial charge is 0.756 e. The van der Waals surface area contributed by atoms with Crippen LogP contribution in [0.5, 0.6) is 0 Å². The maximum absolute atomic E-state index is 12.9. The van der Waals surface area contributed by atoms with E-state index in [-0.39, 0.29) is 26.1 Å². The number of ether oxygens (including phenoxy) is 2. The van der Waals surface area contributed by atoms with Gasteiger partial charge in [0.15, 0.2) is 6.10 Å². The highest BCUT2D eigenvalue weighted by molar-refractivity contribution is 7.45. The van der Waals surface area contributed by atoms with Crippen LogP contribution in [0.3, 0.4) is 0 Å². The molecule has 0 spiro atoms. The fourth-order valence-electron chi connectivity index (χ4n) is 10.7. The van der Waals surface area contributed by atoms with Crippen molar-refractivity contribution >= 4 is 19.8 Å². The monoisotopic (exact) mass is 1430 g/mol. The lowest BCUT2D eigenvalue weighted by Gasteiger charge is -2.28. The highest BCUT2D eigenvalue weighted by Gasteiger charge is 2.22. The number of hydrogen-bond acceptors (Lipinski definition) is 8. The fourth-order valence-corrected chi connectivity index (χ4v) is 11.4. The van der Waals surface area contributed by atoms with Crippen LogP contribution in [0.25, 0.3) is 0 Å². The van der Waals surface area contributed by atoms with Crippen molar-refractivity contribution in [2.24, 2.45) is 0 Å². The average molecular weight is 1430 g/mol. The Labute approximate surface area is 627 Å². The number of rotatable bonds is 73. The Kier molecular flexibility index (Phi) is 75.5. The summed E-state index contributed by atoms with van der Waals surface area (Å²) in [6.07, 6.45) is 125. The third-order valence-corrected chi connectivity index (χ3v) is 17.8. The van der Waals surface area contributed by atoms with Crippen LogP contribution in [0.15, 0.2) is 207 Å². The van der Waals surface area contributed by atoms with Crippen LogP contribution in [0.4, 0.5) is 0 Å². The first kappa shape index (κ1) is 96.6. The third-order valence-electron chi connectivity index (χ3n) is 16.8. The van der Waals surface area contributed by atoms with E-state index >= 15 is 0 Å². The lowest BCUT2D eigenvalue weighted by molar-refractivity contribution is -0.870. The van der Waals surface area contributed by atoms with Gasteiger partial charge in [-0.1, -0.05) is 355 Å². The average Bonchev–Trinajstić information content (AvgIpc) is 0.914. The predicted octanol–water partition coefficient (Wildman–Crippen LogP) is 27.1. The summed E-state index contributed by atoms with van der Waals surface area (Å²) in [4.78, 5) is 38.2. The lowest BCUT2D eigenvalue weighted by Crippen LogP contribution is -2.37. The second-order valence-electron chi connectivity index (χ2n) is 27.7. The number of nitrogens with zero attached hydrogens (tertiary/aromatic N) is 1. The van der Waals surface area contributed by atoms with Crippen molar-refractivity contribution in [1.29, 1.82) is 0 Å². The zero-order chi connectivity index (χ0) is 74.0. The number of carbonyl (C=O) groups excluding carboxylic acids is 2. The molecule has 0 saturated heterocycles. The number of quaternary nitrogens is 1. The van der Waals surface area contributed by atoms with E-state index in [0.717, 1.165) is 141 Å². The summed E-state index contributed by atoms with van der Waals surface area (Å²) in [6.45, 7) is 3.96. The molecule has 0 radical (unpaired) electrons. The standard InChI is InChI=1S/C92H150NO8P/c1-6-8-10-12-14-16-18-20-22-24-26-28-30-32-34-36-38-40-42-44-46-48-50-52-54-56-58-60-62-64-66-68-70-72-74-76-78-80-82-84-91(94)98-88-90(89-100-102(96,97)99-87-86-93(3,4)5)101-92(95)85-83-81-79-77-75-73-71-69-67-65-63-61-59-57-55-53-51-49-47-45-43-41-39-37-35-33-31-29-27-25-23-21-19-17-15-13-11-9-7-2/h8-11,14-17,20-23,26-29,32-35,39,41,45,47,51,53,57,59,63,65,69,71,75,77,90H,6-7,12-13,18-19,24-25,30-31,36-38,40,42-44,46,48-50,52,54-56,58,60-62,64,66-68,70,72-74,76,78-89H2,1-5H3/b10-8-,11-9-,16-14-,17-15-,22-20-,23-21-,28-26-,29-27-,34-32-,35-33-,41-39-,47-45-,53-51-,59-57-,65-63-,71-69-,77-75-. The molecular weight excluding hydrogens is 1280 g/mol. The van der Waals surface area contributed by atoms with Gasteiger partial charge in [-0.25, -0.2) is 0 Å². The second-order valence-corrected chi connectivity index (χ2v) is 29.1. The first-order valence-corrected chi connectivity index (χ1v) is 42.3. The summed E-state index contributed by atoms with van der Waals surface area (Å²) in [5.74, 6) is -0.889. The number of allylic oxidation sites excluding steroid dienone is 34. The molecule has 576 valence electrons. The molecule has 0 saturated carbocycles. The van der Waals surface area contributed by atoms with Gasteiger partial charge in [0.1, 0.15) is 19.8 Å². The molecule has 0 aliphatic heterocycles. The van der Waals surface area contributed by atoms with E-state index in [1.807, 2.05) is 21.1 Å². The highest BCUT2D eigenvalue weighted by atomic mass is 31.2. The number of hydrogen-bond donors (Lipinski definition) is 0. The van der Waals surface area contributed by atoms with E-state index in [1.165, 1.54) is 135 Å². The molecule has 2 unspecified atom stereocenters. The summed E-state index contributed by atoms with van der Waals surface area (Å²) in [5.41, 5.74) is 0. The molecular formula is C92H150NO8P. The van der Waals surface area contributed by atoms with Gasteiger partial charge in [-0.3, -0.25) is 14.2 Å². The van der Waals surface area contributed by atoms with Crippen LogP contribution in [0.1, 0.15) is 309 Å². The van der Waals surface area contributed by atoms with E-state index in [2.05, 4.69) is 220 Å². The molecule has 0 amide bonds. The van der Waals surface area contributed by atoms with Crippen LogP contribution in [-0.2, 0) is 32.7 Å². The second kappa shape index (κ2) is 79.7. The summed E-state index contributed by atoms with van der Waals surface area (Å²) in [7, 11) is 1.12. The fraction of sp³-hybridized carbons (Fsp3) is 0.609. The minimum Gasteiger partial charge on any atom is -0.756 e. The molecule has 0 bridgehead atoms. The molecule has 0 aliphatic carbocycles. The molecule has 0 aromatic rings. The molecule has 2 atom stereocenters. The maximum Gasteiger partial charge on any atom is 0.306 e. The topological polar surface area (TPSA) is 111 Å². The van der Waals surface area contributed by atoms with Gasteiger partial charge in [-0.15, -0.1) is 0 Å². The van der Waals surface area contributed by atoms with Crippen LogP contribution in [0.2, 0.25) is 0 Å². The summed E-state index contributed by atoms with van der Waals surface area (Å²) in [6, 6.07) is 0. The Hall–Kier alpha value is -5.41. The quantitative estimate of drug-likeness (QED) is 0.0195. The number of esters is 2. The van der Waals surface area contributed by atoms with E-state index < -0.39 is 32.5 Å². The van der Waals surface area contributed by atoms with Crippen molar-refractivity contribution in [2.75, 3.05) is 47.5 Å². The van der Waals surface area contributed by atoms with Crippen molar-refractivity contribution in [3.63, 3.8) is 0 Å². The first-order chi connectivity index (χ1) is 50.0. The van der Waals surface area contributed by atoms with E-state index in [9.17, 15) is 19.0 Å². The SMILES string of the molecule is CC/C=C\C/C=C\C/C=C\C/C=C\C/C=C\C/C=C\C/C=C\C/C=C\C/C=C\C/C=C\C/C=C\C/C=C\CCCCC(=O)OC(COC(=O)CCCCCCCCCCCCCCCCCCCCCCCCC/C=C\C/C=C\C/C=C\C/C=C\C/C=C\CC)COP(=O)([O-])OCC[N+](C)(C)C. The van der Waals surface area contributed by atoms with Gasteiger partial charge < -0.3 is 27.9 Å². The molecule has 0 aliphatic rings. The minimum atomic E-state index is -4.67. The van der Waals surface area contributed by atoms with Crippen molar-refractivity contribution in [3.8, 4) is 0 Å². The zero-order valence-electron chi connectivity index (χ0n) is 65.7. The van der Waals surface area contributed by atoms with Gasteiger partial charge in [0.05, 0.1) is 27.7 Å². The zero-order valence-corrected chi connectivity index (χ0v) is 66.6. The van der Waals surface area contributed by atoms with Crippen LogP contribution in [-0.4, -0.2) is 70.0 Å². The Bertz CT molecular complexity index is 2480. The maximum atomic E-state index is 12.9. The van der Waals surface area contributed by atoms with Gasteiger partial charge in [0.2, 0.25) is 0 Å². The van der Waals surface area contributed by atoms with Crippen molar-refractivity contribution < 1.29 is 42.1 Å². The Morgan fingerprint density at radius 3 is 0.804 bits per heavy atom. The molecule has 102 heavy (non-hydrogen) atoms. The van der Waals surface area contributed by atoms with Crippen LogP contribution < -0.4 is 4.89 Å². The Morgan fingerprint density at radius 2 is 0.529 bits per heavy atom. The molecule has 10 heteroatoms. The van der Waals surface area contributed by atoms with Gasteiger partial charge in [-0.05, 0) is 148 Å². The van der Waals surface area contributed by atoms with E-state index in [4.69, 9.17) is 18.5 Å². The minimum absolute atomic E-state index is 0.0482. The number of phosphoric ester groups is 1. The summed E-state index contributed by atoms with van der Waals surface area (Å²) >= 11 is 0. The molecule has 0 fully saturated rings. The van der Waals surface area contributed by atoms with Gasteiger partial charge in [-0.2, -0.15) is 0 Å². The van der Waals surface area contributed by atoms with Crippen molar-refractivity contribution in [3.05, 3.63) is 207 Å². The van der Waals surface area contributed by atoms with E-state index in [1.54, 1.807) is 0 Å². The molecule has 0 aromatic carbocycles. The smallest absolute Gasteiger partial charge is 0.306 e. The van der Waals surface area contributed by atoms with Gasteiger partial charge in [0.25, 0.3) is 7.82 Å². The first-order valence-electron chi connectivity index (χ1n) is 40.8. The molecule has 0 aromatic heterocycles. The van der Waals surface area contributed by atoms with E-state index in [0.29, 0.717) is 17.4 Å². The molecule has 0 rings (SSSR count). The summed E-state index contributed by atoms with van der Waals surface area (Å²) in [5, 5.41) is 0. The van der Waals surface area contributed by atoms with Crippen molar-refractivity contribution in [2.45, 2.75) is 315 Å². The summed E-state index contributed by atoms with van der Waals surface area (Å²) < 4.78 is 34.3. The number of unbranched alkanes of at least 4 members (excludes halogenated alkanes) is 25. The number of likely N-dealkylation sites (N-methyl/N-ethyl adjacent to an activating group) is 1. The third kappa shape index (κ3) is 83.5. The van der Waals surface area contributed by atoms with Crippen LogP contribution in [0, 0.1) is 0 Å².